The van der Waals surface area contributed by atoms with E-state index >= 15 is 0 Å². The van der Waals surface area contributed by atoms with Crippen LogP contribution in [0.25, 0.3) is 0 Å². The molecule has 0 aliphatic heterocycles. The standard InChI is InChI=1S/C17H19N3O8S/c1-4-18(5-2)29(25,26)13-7-9-15(14(11-13)20(23)24)28-17-10-12(19(21)22)6-8-16(17)27-3/h6-11H,4-5H2,1-3H3. The van der Waals surface area contributed by atoms with Gasteiger partial charge in [-0.1, -0.05) is 13.8 Å². The Balaban J connectivity index is 2.55. The van der Waals surface area contributed by atoms with E-state index < -0.39 is 25.6 Å². The molecule has 0 saturated carbocycles. The summed E-state index contributed by atoms with van der Waals surface area (Å²) in [7, 11) is -2.61. The summed E-state index contributed by atoms with van der Waals surface area (Å²) in [5, 5.41) is 22.5. The van der Waals surface area contributed by atoms with Crippen molar-refractivity contribution >= 4 is 21.4 Å². The van der Waals surface area contributed by atoms with Gasteiger partial charge in [-0.05, 0) is 18.2 Å². The minimum atomic E-state index is -3.92. The Morgan fingerprint density at radius 1 is 0.931 bits per heavy atom. The van der Waals surface area contributed by atoms with Crippen LogP contribution in [0.15, 0.2) is 41.3 Å². The lowest BCUT2D eigenvalue weighted by atomic mass is 10.2. The molecular weight excluding hydrogens is 406 g/mol. The normalized spacial score (nSPS) is 11.3. The van der Waals surface area contributed by atoms with Crippen LogP contribution in [0.5, 0.6) is 17.2 Å². The van der Waals surface area contributed by atoms with Gasteiger partial charge >= 0.3 is 5.69 Å². The summed E-state index contributed by atoms with van der Waals surface area (Å²) in [6.45, 7) is 3.72. The van der Waals surface area contributed by atoms with E-state index in [2.05, 4.69) is 0 Å². The fraction of sp³-hybridized carbons (Fsp3) is 0.294. The molecule has 156 valence electrons. The number of non-ortho nitro benzene ring substituents is 1. The average molecular weight is 425 g/mol. The molecule has 11 nitrogen and oxygen atoms in total. The molecule has 2 aromatic rings. The summed E-state index contributed by atoms with van der Waals surface area (Å²) >= 11 is 0. The maximum absolute atomic E-state index is 12.6. The first-order valence-electron chi connectivity index (χ1n) is 8.44. The van der Waals surface area contributed by atoms with Crippen molar-refractivity contribution in [3.8, 4) is 17.2 Å². The lowest BCUT2D eigenvalue weighted by molar-refractivity contribution is -0.386. The smallest absolute Gasteiger partial charge is 0.312 e. The minimum absolute atomic E-state index is 0.115. The minimum Gasteiger partial charge on any atom is -0.493 e. The van der Waals surface area contributed by atoms with Crippen molar-refractivity contribution in [2.75, 3.05) is 20.2 Å². The third-order valence-corrected chi connectivity index (χ3v) is 6.09. The van der Waals surface area contributed by atoms with Crippen molar-refractivity contribution in [1.82, 2.24) is 4.31 Å². The van der Waals surface area contributed by atoms with Crippen molar-refractivity contribution in [1.29, 1.82) is 0 Å². The Morgan fingerprint density at radius 2 is 1.55 bits per heavy atom. The van der Waals surface area contributed by atoms with Crippen LogP contribution in [0.4, 0.5) is 11.4 Å². The molecule has 0 bridgehead atoms. The van der Waals surface area contributed by atoms with Crippen LogP contribution in [-0.2, 0) is 10.0 Å². The van der Waals surface area contributed by atoms with Crippen molar-refractivity contribution in [2.24, 2.45) is 0 Å². The molecule has 0 aliphatic carbocycles. The highest BCUT2D eigenvalue weighted by Gasteiger charge is 2.27. The van der Waals surface area contributed by atoms with E-state index in [-0.39, 0.29) is 40.9 Å². The monoisotopic (exact) mass is 425 g/mol. The molecule has 12 heteroatoms. The summed E-state index contributed by atoms with van der Waals surface area (Å²) in [5.74, 6) is -0.291. The van der Waals surface area contributed by atoms with Crippen LogP contribution < -0.4 is 9.47 Å². The molecule has 0 aromatic heterocycles. The molecule has 0 spiro atoms. The Labute approximate surface area is 166 Å². The number of nitro groups is 2. The SMILES string of the molecule is CCN(CC)S(=O)(=O)c1ccc(Oc2cc([N+](=O)[O-])ccc2OC)c([N+](=O)[O-])c1. The molecule has 0 atom stereocenters. The van der Waals surface area contributed by atoms with Gasteiger partial charge in [0.25, 0.3) is 5.69 Å². The van der Waals surface area contributed by atoms with E-state index in [4.69, 9.17) is 9.47 Å². The van der Waals surface area contributed by atoms with E-state index in [0.29, 0.717) is 0 Å². The van der Waals surface area contributed by atoms with Crippen molar-refractivity contribution < 1.29 is 27.7 Å². The number of ether oxygens (including phenoxy) is 2. The maximum Gasteiger partial charge on any atom is 0.312 e. The molecule has 0 fully saturated rings. The molecule has 0 saturated heterocycles. The molecule has 0 aliphatic rings. The van der Waals surface area contributed by atoms with Crippen molar-refractivity contribution in [2.45, 2.75) is 18.7 Å². The van der Waals surface area contributed by atoms with E-state index in [1.165, 1.54) is 25.3 Å². The number of hydrogen-bond acceptors (Lipinski definition) is 8. The first-order valence-corrected chi connectivity index (χ1v) is 9.88. The summed E-state index contributed by atoms with van der Waals surface area (Å²) in [6.07, 6.45) is 0. The van der Waals surface area contributed by atoms with Gasteiger partial charge in [-0.2, -0.15) is 4.31 Å². The number of nitrogens with zero attached hydrogens (tertiary/aromatic N) is 3. The van der Waals surface area contributed by atoms with Crippen LogP contribution in [0.2, 0.25) is 0 Å². The number of sulfonamides is 1. The lowest BCUT2D eigenvalue weighted by Gasteiger charge is -2.18. The highest BCUT2D eigenvalue weighted by atomic mass is 32.2. The Kier molecular flexibility index (Phi) is 6.72. The molecule has 0 radical (unpaired) electrons. The largest absolute Gasteiger partial charge is 0.493 e. The maximum atomic E-state index is 12.6. The Bertz CT molecular complexity index is 1030. The zero-order valence-corrected chi connectivity index (χ0v) is 16.7. The second-order valence-corrected chi connectivity index (χ2v) is 7.61. The number of nitro benzene ring substituents is 2. The lowest BCUT2D eigenvalue weighted by Crippen LogP contribution is -2.30. The highest BCUT2D eigenvalue weighted by molar-refractivity contribution is 7.89. The number of hydrogen-bond donors (Lipinski definition) is 0. The summed E-state index contributed by atoms with van der Waals surface area (Å²) in [5.41, 5.74) is -0.907. The molecule has 0 N–H and O–H groups in total. The molecule has 29 heavy (non-hydrogen) atoms. The molecule has 0 amide bonds. The second kappa shape index (κ2) is 8.84. The van der Waals surface area contributed by atoms with Gasteiger partial charge in [0, 0.05) is 25.2 Å². The molecule has 0 heterocycles. The zero-order chi connectivity index (χ0) is 21.8. The average Bonchev–Trinajstić information content (AvgIpc) is 2.68. The van der Waals surface area contributed by atoms with E-state index in [1.54, 1.807) is 13.8 Å². The third kappa shape index (κ3) is 4.60. The predicted molar refractivity (Wildman–Crippen MR) is 103 cm³/mol. The topological polar surface area (TPSA) is 142 Å². The first kappa shape index (κ1) is 22.0. The predicted octanol–water partition coefficient (Wildman–Crippen LogP) is 3.33. The van der Waals surface area contributed by atoms with Gasteiger partial charge in [-0.25, -0.2) is 8.42 Å². The fourth-order valence-electron chi connectivity index (χ4n) is 2.58. The van der Waals surface area contributed by atoms with Gasteiger partial charge in [0.1, 0.15) is 0 Å². The summed E-state index contributed by atoms with van der Waals surface area (Å²) in [6, 6.07) is 6.75. The van der Waals surface area contributed by atoms with Crippen molar-refractivity contribution in [3.63, 3.8) is 0 Å². The molecule has 2 rings (SSSR count). The van der Waals surface area contributed by atoms with Gasteiger partial charge in [0.05, 0.1) is 27.9 Å². The number of rotatable bonds is 9. The Morgan fingerprint density at radius 3 is 2.07 bits per heavy atom. The van der Waals surface area contributed by atoms with Crippen LogP contribution in [0.1, 0.15) is 13.8 Å². The van der Waals surface area contributed by atoms with Crippen LogP contribution in [-0.4, -0.2) is 42.8 Å². The molecule has 0 unspecified atom stereocenters. The zero-order valence-electron chi connectivity index (χ0n) is 15.9. The van der Waals surface area contributed by atoms with E-state index in [0.717, 1.165) is 22.5 Å². The Hall–Kier alpha value is -3.25. The van der Waals surface area contributed by atoms with E-state index in [9.17, 15) is 28.6 Å². The van der Waals surface area contributed by atoms with Gasteiger partial charge in [-0.15, -0.1) is 0 Å². The summed E-state index contributed by atoms with van der Waals surface area (Å²) in [4.78, 5) is 20.8. The van der Waals surface area contributed by atoms with Gasteiger partial charge in [-0.3, -0.25) is 20.2 Å². The van der Waals surface area contributed by atoms with Crippen LogP contribution in [0, 0.1) is 20.2 Å². The number of methoxy groups -OCH3 is 1. The first-order chi connectivity index (χ1) is 13.6. The number of benzene rings is 2. The quantitative estimate of drug-likeness (QED) is 0.440. The fourth-order valence-corrected chi connectivity index (χ4v) is 4.05. The highest BCUT2D eigenvalue weighted by Crippen LogP contribution is 2.39. The second-order valence-electron chi connectivity index (χ2n) is 5.67. The van der Waals surface area contributed by atoms with Crippen LogP contribution >= 0.6 is 0 Å². The summed E-state index contributed by atoms with van der Waals surface area (Å²) < 4.78 is 37.0. The van der Waals surface area contributed by atoms with Gasteiger partial charge in [0.2, 0.25) is 15.8 Å². The van der Waals surface area contributed by atoms with Gasteiger partial charge in [0.15, 0.2) is 11.5 Å². The van der Waals surface area contributed by atoms with Crippen molar-refractivity contribution in [3.05, 3.63) is 56.6 Å². The third-order valence-electron chi connectivity index (χ3n) is 4.05. The van der Waals surface area contributed by atoms with E-state index in [1.807, 2.05) is 0 Å². The van der Waals surface area contributed by atoms with Crippen LogP contribution in [0.3, 0.4) is 0 Å². The van der Waals surface area contributed by atoms with Gasteiger partial charge < -0.3 is 9.47 Å². The molecular formula is C17H19N3O8S. The molecule has 2 aromatic carbocycles.